The summed E-state index contributed by atoms with van der Waals surface area (Å²) in [5.41, 5.74) is 12.4. The maximum absolute atomic E-state index is 6.50. The predicted octanol–water partition coefficient (Wildman–Crippen LogP) is 3.60. The quantitative estimate of drug-likeness (QED) is 0.808. The summed E-state index contributed by atoms with van der Waals surface area (Å²) in [6.45, 7) is 4.08. The second-order valence-electron chi connectivity index (χ2n) is 5.33. The van der Waals surface area contributed by atoms with E-state index in [1.54, 1.807) is 0 Å². The van der Waals surface area contributed by atoms with Crippen LogP contribution in [0.5, 0.6) is 0 Å². The minimum Gasteiger partial charge on any atom is -0.398 e. The fourth-order valence-corrected chi connectivity index (χ4v) is 3.09. The van der Waals surface area contributed by atoms with Crippen molar-refractivity contribution in [3.63, 3.8) is 0 Å². The molecule has 1 aromatic heterocycles. The van der Waals surface area contributed by atoms with E-state index in [9.17, 15) is 0 Å². The first-order chi connectivity index (χ1) is 9.08. The molecular weight excluding hydrogens is 258 g/mol. The molecule has 1 aliphatic rings. The third-order valence-electron chi connectivity index (χ3n) is 3.91. The van der Waals surface area contributed by atoms with E-state index in [0.717, 1.165) is 46.2 Å². The lowest BCUT2D eigenvalue weighted by Gasteiger charge is -2.10. The first-order valence-corrected chi connectivity index (χ1v) is 7.09. The largest absolute Gasteiger partial charge is 0.398 e. The van der Waals surface area contributed by atoms with E-state index in [2.05, 4.69) is 18.1 Å². The van der Waals surface area contributed by atoms with Gasteiger partial charge in [0.25, 0.3) is 0 Å². The van der Waals surface area contributed by atoms with Crippen molar-refractivity contribution in [1.82, 2.24) is 9.78 Å². The number of anilines is 1. The standard InChI is InChI=1S/C15H18ClN3/c1-9-7-10(2)14(8-12(9)17)19-15(16)11-5-3-4-6-13(11)18-19/h7-8H,3-6,17H2,1-2H3. The average Bonchev–Trinajstić information content (AvgIpc) is 2.72. The molecule has 1 aliphatic carbocycles. The van der Waals surface area contributed by atoms with Crippen LogP contribution < -0.4 is 5.73 Å². The summed E-state index contributed by atoms with van der Waals surface area (Å²) >= 11 is 6.50. The van der Waals surface area contributed by atoms with Gasteiger partial charge < -0.3 is 5.73 Å². The van der Waals surface area contributed by atoms with Gasteiger partial charge in [-0.1, -0.05) is 17.7 Å². The van der Waals surface area contributed by atoms with Gasteiger partial charge in [-0.25, -0.2) is 4.68 Å². The average molecular weight is 276 g/mol. The highest BCUT2D eigenvalue weighted by Crippen LogP contribution is 2.31. The third-order valence-corrected chi connectivity index (χ3v) is 4.30. The summed E-state index contributed by atoms with van der Waals surface area (Å²) < 4.78 is 1.85. The number of aryl methyl sites for hydroxylation is 3. The van der Waals surface area contributed by atoms with Crippen LogP contribution in [0.2, 0.25) is 5.15 Å². The van der Waals surface area contributed by atoms with Crippen molar-refractivity contribution in [3.8, 4) is 5.69 Å². The van der Waals surface area contributed by atoms with Crippen molar-refractivity contribution >= 4 is 17.3 Å². The van der Waals surface area contributed by atoms with Crippen molar-refractivity contribution in [3.05, 3.63) is 39.7 Å². The number of nitrogens with two attached hydrogens (primary N) is 1. The minimum atomic E-state index is 0.751. The van der Waals surface area contributed by atoms with E-state index >= 15 is 0 Å². The lowest BCUT2D eigenvalue weighted by molar-refractivity contribution is 0.671. The number of halogens is 1. The van der Waals surface area contributed by atoms with Gasteiger partial charge >= 0.3 is 0 Å². The number of hydrogen-bond donors (Lipinski definition) is 1. The van der Waals surface area contributed by atoms with Crippen LogP contribution in [0.25, 0.3) is 5.69 Å². The molecule has 0 spiro atoms. The number of rotatable bonds is 1. The van der Waals surface area contributed by atoms with E-state index in [4.69, 9.17) is 17.3 Å². The second-order valence-corrected chi connectivity index (χ2v) is 5.69. The van der Waals surface area contributed by atoms with Gasteiger partial charge in [0.2, 0.25) is 0 Å². The molecule has 1 aromatic carbocycles. The van der Waals surface area contributed by atoms with E-state index < -0.39 is 0 Å². The molecular formula is C15H18ClN3. The molecule has 0 saturated carbocycles. The first kappa shape index (κ1) is 12.5. The molecule has 1 heterocycles. The van der Waals surface area contributed by atoms with Gasteiger partial charge in [0, 0.05) is 11.3 Å². The smallest absolute Gasteiger partial charge is 0.136 e. The maximum Gasteiger partial charge on any atom is 0.136 e. The SMILES string of the molecule is Cc1cc(C)c(-n2nc3c(c2Cl)CCCC3)cc1N. The Labute approximate surface area is 118 Å². The predicted molar refractivity (Wildman–Crippen MR) is 79.1 cm³/mol. The van der Waals surface area contributed by atoms with Crippen molar-refractivity contribution in [1.29, 1.82) is 0 Å². The van der Waals surface area contributed by atoms with Crippen LogP contribution in [0.15, 0.2) is 12.1 Å². The zero-order chi connectivity index (χ0) is 13.6. The van der Waals surface area contributed by atoms with Gasteiger partial charge in [-0.3, -0.25) is 0 Å². The molecule has 4 heteroatoms. The molecule has 0 bridgehead atoms. The van der Waals surface area contributed by atoms with Crippen LogP contribution in [-0.4, -0.2) is 9.78 Å². The molecule has 0 saturated heterocycles. The van der Waals surface area contributed by atoms with E-state index in [0.29, 0.717) is 0 Å². The number of nitrogen functional groups attached to an aromatic ring is 1. The Balaban J connectivity index is 2.17. The number of benzene rings is 1. The highest BCUT2D eigenvalue weighted by molar-refractivity contribution is 6.30. The van der Waals surface area contributed by atoms with Crippen LogP contribution in [0.1, 0.15) is 35.2 Å². The Morgan fingerprint density at radius 1 is 1.16 bits per heavy atom. The Bertz CT molecular complexity index is 643. The van der Waals surface area contributed by atoms with Gasteiger partial charge in [0.1, 0.15) is 5.15 Å². The van der Waals surface area contributed by atoms with E-state index in [1.807, 2.05) is 17.7 Å². The van der Waals surface area contributed by atoms with Gasteiger partial charge in [0.15, 0.2) is 0 Å². The van der Waals surface area contributed by atoms with Crippen molar-refractivity contribution < 1.29 is 0 Å². The van der Waals surface area contributed by atoms with Crippen molar-refractivity contribution in [2.24, 2.45) is 0 Å². The van der Waals surface area contributed by atoms with Crippen LogP contribution in [0.3, 0.4) is 0 Å². The number of hydrogen-bond acceptors (Lipinski definition) is 2. The molecule has 0 radical (unpaired) electrons. The molecule has 19 heavy (non-hydrogen) atoms. The summed E-state index contributed by atoms with van der Waals surface area (Å²) in [4.78, 5) is 0. The highest BCUT2D eigenvalue weighted by atomic mass is 35.5. The molecule has 0 atom stereocenters. The molecule has 3 nitrogen and oxygen atoms in total. The molecule has 2 N–H and O–H groups in total. The van der Waals surface area contributed by atoms with Crippen molar-refractivity contribution in [2.75, 3.05) is 5.73 Å². The molecule has 0 unspecified atom stereocenters. The number of aromatic nitrogens is 2. The summed E-state index contributed by atoms with van der Waals surface area (Å²) in [7, 11) is 0. The normalized spacial score (nSPS) is 14.5. The minimum absolute atomic E-state index is 0.751. The lowest BCUT2D eigenvalue weighted by Crippen LogP contribution is -2.03. The Morgan fingerprint density at radius 3 is 2.63 bits per heavy atom. The van der Waals surface area contributed by atoms with Gasteiger partial charge in [-0.15, -0.1) is 0 Å². The fourth-order valence-electron chi connectivity index (χ4n) is 2.76. The first-order valence-electron chi connectivity index (χ1n) is 6.71. The monoisotopic (exact) mass is 275 g/mol. The zero-order valence-electron chi connectivity index (χ0n) is 11.3. The Kier molecular flexibility index (Phi) is 3.02. The molecule has 0 aliphatic heterocycles. The molecule has 0 amide bonds. The van der Waals surface area contributed by atoms with Crippen LogP contribution in [0.4, 0.5) is 5.69 Å². The fraction of sp³-hybridized carbons (Fsp3) is 0.400. The Morgan fingerprint density at radius 2 is 1.89 bits per heavy atom. The summed E-state index contributed by atoms with van der Waals surface area (Å²) in [5, 5.41) is 5.43. The van der Waals surface area contributed by atoms with E-state index in [1.165, 1.54) is 18.4 Å². The molecule has 3 rings (SSSR count). The molecule has 2 aromatic rings. The van der Waals surface area contributed by atoms with Crippen LogP contribution >= 0.6 is 11.6 Å². The summed E-state index contributed by atoms with van der Waals surface area (Å²) in [6.07, 6.45) is 4.47. The van der Waals surface area contributed by atoms with Gasteiger partial charge in [-0.05, 0) is 56.7 Å². The highest BCUT2D eigenvalue weighted by Gasteiger charge is 2.21. The number of fused-ring (bicyclic) bond motifs is 1. The van der Waals surface area contributed by atoms with Gasteiger partial charge in [0.05, 0.1) is 11.4 Å². The summed E-state index contributed by atoms with van der Waals surface area (Å²) in [6, 6.07) is 4.05. The maximum atomic E-state index is 6.50. The topological polar surface area (TPSA) is 43.8 Å². The molecule has 100 valence electrons. The second kappa shape index (κ2) is 4.57. The summed E-state index contributed by atoms with van der Waals surface area (Å²) in [5.74, 6) is 0. The van der Waals surface area contributed by atoms with Crippen LogP contribution in [-0.2, 0) is 12.8 Å². The zero-order valence-corrected chi connectivity index (χ0v) is 12.1. The third kappa shape index (κ3) is 2.02. The Hall–Kier alpha value is -1.48. The lowest BCUT2D eigenvalue weighted by atomic mass is 9.98. The molecule has 0 fully saturated rings. The number of nitrogens with zero attached hydrogens (tertiary/aromatic N) is 2. The van der Waals surface area contributed by atoms with E-state index in [-0.39, 0.29) is 0 Å². The van der Waals surface area contributed by atoms with Gasteiger partial charge in [-0.2, -0.15) is 5.10 Å². The van der Waals surface area contributed by atoms with Crippen molar-refractivity contribution in [2.45, 2.75) is 39.5 Å². The van der Waals surface area contributed by atoms with Crippen LogP contribution in [0, 0.1) is 13.8 Å².